The van der Waals surface area contributed by atoms with Crippen LogP contribution in [0.1, 0.15) is 21.5 Å². The fourth-order valence-electron chi connectivity index (χ4n) is 2.72. The van der Waals surface area contributed by atoms with Crippen LogP contribution >= 0.6 is 23.2 Å². The van der Waals surface area contributed by atoms with E-state index in [2.05, 4.69) is 10.3 Å². The fraction of sp³-hybridized carbons (Fsp3) is 0.105. The number of benzene rings is 2. The van der Waals surface area contributed by atoms with Crippen LogP contribution in [0.25, 0.3) is 10.9 Å². The molecule has 6 nitrogen and oxygen atoms in total. The van der Waals surface area contributed by atoms with Gasteiger partial charge in [-0.25, -0.2) is 4.79 Å². The number of carbonyl (C=O) groups is 2. The number of aromatic amines is 1. The molecule has 0 aliphatic heterocycles. The van der Waals surface area contributed by atoms with E-state index in [1.54, 1.807) is 36.4 Å². The van der Waals surface area contributed by atoms with Crippen LogP contribution in [-0.4, -0.2) is 22.0 Å². The molecule has 1 amide bonds. The van der Waals surface area contributed by atoms with Crippen molar-refractivity contribution in [2.45, 2.75) is 13.0 Å². The Bertz CT molecular complexity index is 1110. The largest absolute Gasteiger partial charge is 0.477 e. The number of carboxylic acids is 1. The van der Waals surface area contributed by atoms with Crippen molar-refractivity contribution in [2.75, 3.05) is 0 Å². The molecule has 0 radical (unpaired) electrons. The quantitative estimate of drug-likeness (QED) is 0.606. The monoisotopic (exact) mass is 404 g/mol. The number of halogens is 2. The number of hydrogen-bond acceptors (Lipinski definition) is 3. The Balaban J connectivity index is 1.85. The lowest BCUT2D eigenvalue weighted by Gasteiger charge is -2.10. The van der Waals surface area contributed by atoms with Crippen LogP contribution in [0, 0.1) is 0 Å². The van der Waals surface area contributed by atoms with Crippen LogP contribution in [0.2, 0.25) is 10.0 Å². The Morgan fingerprint density at radius 3 is 2.52 bits per heavy atom. The molecule has 138 valence electrons. The van der Waals surface area contributed by atoms with Gasteiger partial charge in [0.15, 0.2) is 0 Å². The minimum atomic E-state index is -1.33. The number of aromatic carboxylic acids is 1. The number of pyridine rings is 1. The Labute approximate surface area is 163 Å². The molecule has 0 bridgehead atoms. The van der Waals surface area contributed by atoms with Gasteiger partial charge < -0.3 is 15.4 Å². The van der Waals surface area contributed by atoms with E-state index >= 15 is 0 Å². The predicted octanol–water partition coefficient (Wildman–Crippen LogP) is 3.39. The molecule has 8 heteroatoms. The smallest absolute Gasteiger partial charge is 0.341 e. The minimum absolute atomic E-state index is 0.109. The first-order valence-electron chi connectivity index (χ1n) is 7.94. The summed E-state index contributed by atoms with van der Waals surface area (Å²) in [5, 5.41) is 13.2. The number of aromatic nitrogens is 1. The zero-order valence-electron chi connectivity index (χ0n) is 13.9. The first kappa shape index (κ1) is 18.9. The normalized spacial score (nSPS) is 10.7. The van der Waals surface area contributed by atoms with Gasteiger partial charge in [0.1, 0.15) is 5.56 Å². The van der Waals surface area contributed by atoms with E-state index in [1.807, 2.05) is 0 Å². The summed E-state index contributed by atoms with van der Waals surface area (Å²) in [5.74, 6) is -1.58. The van der Waals surface area contributed by atoms with Gasteiger partial charge in [-0.2, -0.15) is 0 Å². The van der Waals surface area contributed by atoms with Crippen LogP contribution in [-0.2, 0) is 17.8 Å². The number of hydrogen-bond donors (Lipinski definition) is 3. The van der Waals surface area contributed by atoms with E-state index < -0.39 is 11.5 Å². The highest BCUT2D eigenvalue weighted by Gasteiger charge is 2.14. The highest BCUT2D eigenvalue weighted by molar-refractivity contribution is 6.31. The minimum Gasteiger partial charge on any atom is -0.477 e. The standard InChI is InChI=1S/C19H14Cl2N2O4/c20-13-5-11-7-14(19(26)27)18(25)23-17(11)12(6-13)9-22-16(24)8-10-3-1-2-4-15(10)21/h1-7H,8-9H2,(H,22,24)(H,23,25)(H,26,27). The van der Waals surface area contributed by atoms with Crippen LogP contribution in [0.5, 0.6) is 0 Å². The van der Waals surface area contributed by atoms with Crippen molar-refractivity contribution in [3.05, 3.63) is 79.6 Å². The van der Waals surface area contributed by atoms with Crippen LogP contribution in [0.3, 0.4) is 0 Å². The van der Waals surface area contributed by atoms with Gasteiger partial charge in [0.25, 0.3) is 5.56 Å². The molecule has 0 aliphatic carbocycles. The number of rotatable bonds is 5. The van der Waals surface area contributed by atoms with E-state index in [9.17, 15) is 14.4 Å². The molecule has 27 heavy (non-hydrogen) atoms. The Kier molecular flexibility index (Phi) is 5.48. The molecule has 0 fully saturated rings. The van der Waals surface area contributed by atoms with E-state index in [0.717, 1.165) is 0 Å². The van der Waals surface area contributed by atoms with Crippen molar-refractivity contribution in [3.63, 3.8) is 0 Å². The van der Waals surface area contributed by atoms with Gasteiger partial charge in [0.2, 0.25) is 5.91 Å². The van der Waals surface area contributed by atoms with Gasteiger partial charge in [0, 0.05) is 22.0 Å². The lowest BCUT2D eigenvalue weighted by Crippen LogP contribution is -2.25. The molecule has 0 saturated heterocycles. The molecule has 0 unspecified atom stereocenters. The molecular weight excluding hydrogens is 391 g/mol. The zero-order valence-corrected chi connectivity index (χ0v) is 15.4. The van der Waals surface area contributed by atoms with E-state index in [-0.39, 0.29) is 24.4 Å². The van der Waals surface area contributed by atoms with Crippen molar-refractivity contribution >= 4 is 46.0 Å². The maximum atomic E-state index is 12.2. The van der Waals surface area contributed by atoms with E-state index in [0.29, 0.717) is 32.1 Å². The number of fused-ring (bicyclic) bond motifs is 1. The van der Waals surface area contributed by atoms with Crippen LogP contribution in [0.4, 0.5) is 0 Å². The molecular formula is C19H14Cl2N2O4. The van der Waals surface area contributed by atoms with Gasteiger partial charge in [-0.1, -0.05) is 41.4 Å². The molecule has 0 saturated carbocycles. The summed E-state index contributed by atoms with van der Waals surface area (Å²) in [5.41, 5.74) is 0.595. The summed E-state index contributed by atoms with van der Waals surface area (Å²) < 4.78 is 0. The van der Waals surface area contributed by atoms with Gasteiger partial charge in [-0.05, 0) is 35.4 Å². The first-order chi connectivity index (χ1) is 12.8. The van der Waals surface area contributed by atoms with Crippen LogP contribution < -0.4 is 10.9 Å². The number of amides is 1. The molecule has 1 heterocycles. The summed E-state index contributed by atoms with van der Waals surface area (Å²) in [4.78, 5) is 37.9. The van der Waals surface area contributed by atoms with Crippen molar-refractivity contribution < 1.29 is 14.7 Å². The maximum absolute atomic E-state index is 12.2. The average Bonchev–Trinajstić information content (AvgIpc) is 2.61. The Morgan fingerprint density at radius 1 is 1.07 bits per heavy atom. The third-order valence-corrected chi connectivity index (χ3v) is 4.60. The Morgan fingerprint density at radius 2 is 1.81 bits per heavy atom. The second kappa shape index (κ2) is 7.82. The van der Waals surface area contributed by atoms with Gasteiger partial charge >= 0.3 is 5.97 Å². The fourth-order valence-corrected chi connectivity index (χ4v) is 3.18. The predicted molar refractivity (Wildman–Crippen MR) is 104 cm³/mol. The highest BCUT2D eigenvalue weighted by Crippen LogP contribution is 2.22. The van der Waals surface area contributed by atoms with E-state index in [4.69, 9.17) is 28.3 Å². The summed E-state index contributed by atoms with van der Waals surface area (Å²) in [6.07, 6.45) is 0.109. The molecule has 0 aliphatic rings. The lowest BCUT2D eigenvalue weighted by atomic mass is 10.1. The van der Waals surface area contributed by atoms with Gasteiger partial charge in [0.05, 0.1) is 11.9 Å². The third kappa shape index (κ3) is 4.30. The zero-order chi connectivity index (χ0) is 19.6. The third-order valence-electron chi connectivity index (χ3n) is 4.01. The summed E-state index contributed by atoms with van der Waals surface area (Å²) in [6, 6.07) is 11.5. The van der Waals surface area contributed by atoms with Crippen LogP contribution in [0.15, 0.2) is 47.3 Å². The topological polar surface area (TPSA) is 99.3 Å². The molecule has 0 atom stereocenters. The maximum Gasteiger partial charge on any atom is 0.341 e. The van der Waals surface area contributed by atoms with Gasteiger partial charge in [-0.3, -0.25) is 9.59 Å². The highest BCUT2D eigenvalue weighted by atomic mass is 35.5. The molecule has 1 aromatic heterocycles. The molecule has 0 spiro atoms. The Hall–Kier alpha value is -2.83. The van der Waals surface area contributed by atoms with Crippen molar-refractivity contribution in [1.29, 1.82) is 0 Å². The number of carbonyl (C=O) groups excluding carboxylic acids is 1. The number of carboxylic acid groups (broad SMARTS) is 1. The number of H-pyrrole nitrogens is 1. The summed E-state index contributed by atoms with van der Waals surface area (Å²) in [7, 11) is 0. The lowest BCUT2D eigenvalue weighted by molar-refractivity contribution is -0.120. The second-order valence-corrected chi connectivity index (χ2v) is 6.73. The number of nitrogens with one attached hydrogen (secondary N) is 2. The first-order valence-corrected chi connectivity index (χ1v) is 8.69. The molecule has 3 N–H and O–H groups in total. The van der Waals surface area contributed by atoms with E-state index in [1.165, 1.54) is 6.07 Å². The molecule has 3 rings (SSSR count). The van der Waals surface area contributed by atoms with Crippen molar-refractivity contribution in [2.24, 2.45) is 0 Å². The second-order valence-electron chi connectivity index (χ2n) is 5.89. The van der Waals surface area contributed by atoms with Gasteiger partial charge in [-0.15, -0.1) is 0 Å². The molecule has 2 aromatic carbocycles. The average molecular weight is 405 g/mol. The SMILES string of the molecule is O=C(Cc1ccccc1Cl)NCc1cc(Cl)cc2cc(C(=O)O)c(=O)[nH]c12. The van der Waals surface area contributed by atoms with Crippen molar-refractivity contribution in [1.82, 2.24) is 10.3 Å². The molecule has 3 aromatic rings. The summed E-state index contributed by atoms with van der Waals surface area (Å²) in [6.45, 7) is 0.114. The van der Waals surface area contributed by atoms with Crippen molar-refractivity contribution in [3.8, 4) is 0 Å². The summed E-state index contributed by atoms with van der Waals surface area (Å²) >= 11 is 12.1.